The standard InChI is InChI=1S/C12H21N3O/c1-11(2,3)13-7-9-14-10(15-16-9)8-6-12(8,4)5/h8,13H,6-7H2,1-5H3. The molecule has 0 amide bonds. The fraction of sp³-hybridized carbons (Fsp3) is 0.833. The molecule has 0 radical (unpaired) electrons. The molecule has 1 aliphatic carbocycles. The van der Waals surface area contributed by atoms with E-state index in [-0.39, 0.29) is 5.54 Å². The van der Waals surface area contributed by atoms with Gasteiger partial charge in [0.1, 0.15) is 0 Å². The van der Waals surface area contributed by atoms with E-state index < -0.39 is 0 Å². The molecule has 1 fully saturated rings. The van der Waals surface area contributed by atoms with E-state index in [0.717, 1.165) is 5.82 Å². The minimum atomic E-state index is 0.0769. The summed E-state index contributed by atoms with van der Waals surface area (Å²) in [5, 5.41) is 7.38. The monoisotopic (exact) mass is 223 g/mol. The second kappa shape index (κ2) is 3.55. The lowest BCUT2D eigenvalue weighted by Crippen LogP contribution is -2.35. The molecule has 0 bridgehead atoms. The Morgan fingerprint density at radius 3 is 2.56 bits per heavy atom. The summed E-state index contributed by atoms with van der Waals surface area (Å²) in [7, 11) is 0. The lowest BCUT2D eigenvalue weighted by molar-refractivity contribution is 0.333. The highest BCUT2D eigenvalue weighted by Gasteiger charge is 2.49. The van der Waals surface area contributed by atoms with Crippen LogP contribution in [-0.2, 0) is 6.54 Å². The Morgan fingerprint density at radius 1 is 1.44 bits per heavy atom. The van der Waals surface area contributed by atoms with Gasteiger partial charge in [-0.25, -0.2) is 0 Å². The molecule has 1 N–H and O–H groups in total. The van der Waals surface area contributed by atoms with Gasteiger partial charge in [-0.1, -0.05) is 19.0 Å². The lowest BCUT2D eigenvalue weighted by atomic mass is 10.1. The topological polar surface area (TPSA) is 51.0 Å². The van der Waals surface area contributed by atoms with Gasteiger partial charge in [0.15, 0.2) is 5.82 Å². The van der Waals surface area contributed by atoms with E-state index in [1.54, 1.807) is 0 Å². The Labute approximate surface area is 96.8 Å². The van der Waals surface area contributed by atoms with Crippen molar-refractivity contribution in [1.82, 2.24) is 15.5 Å². The van der Waals surface area contributed by atoms with Crippen LogP contribution in [0.3, 0.4) is 0 Å². The predicted molar refractivity (Wildman–Crippen MR) is 62.0 cm³/mol. The molecule has 1 atom stereocenters. The highest BCUT2D eigenvalue weighted by Crippen LogP contribution is 2.57. The molecule has 1 aromatic heterocycles. The summed E-state index contributed by atoms with van der Waals surface area (Å²) in [6.45, 7) is 11.5. The molecule has 1 aliphatic rings. The van der Waals surface area contributed by atoms with Crippen molar-refractivity contribution in [3.05, 3.63) is 11.7 Å². The Bertz CT molecular complexity index is 376. The van der Waals surface area contributed by atoms with Crippen molar-refractivity contribution in [1.29, 1.82) is 0 Å². The van der Waals surface area contributed by atoms with Crippen molar-refractivity contribution >= 4 is 0 Å². The van der Waals surface area contributed by atoms with Crippen LogP contribution in [0.15, 0.2) is 4.52 Å². The van der Waals surface area contributed by atoms with E-state index in [0.29, 0.717) is 23.8 Å². The zero-order valence-electron chi connectivity index (χ0n) is 10.8. The summed E-state index contributed by atoms with van der Waals surface area (Å²) in [6, 6.07) is 0. The van der Waals surface area contributed by atoms with E-state index in [2.05, 4.69) is 50.1 Å². The van der Waals surface area contributed by atoms with Gasteiger partial charge in [-0.2, -0.15) is 4.98 Å². The zero-order valence-corrected chi connectivity index (χ0v) is 10.8. The minimum absolute atomic E-state index is 0.0769. The van der Waals surface area contributed by atoms with Gasteiger partial charge in [-0.05, 0) is 32.6 Å². The van der Waals surface area contributed by atoms with E-state index in [4.69, 9.17) is 4.52 Å². The summed E-state index contributed by atoms with van der Waals surface area (Å²) in [4.78, 5) is 4.43. The first kappa shape index (κ1) is 11.6. The number of nitrogens with zero attached hydrogens (tertiary/aromatic N) is 2. The van der Waals surface area contributed by atoms with Crippen molar-refractivity contribution < 1.29 is 4.52 Å². The van der Waals surface area contributed by atoms with Crippen LogP contribution >= 0.6 is 0 Å². The van der Waals surface area contributed by atoms with Crippen molar-refractivity contribution in [3.8, 4) is 0 Å². The van der Waals surface area contributed by atoms with Crippen LogP contribution in [0, 0.1) is 5.41 Å². The lowest BCUT2D eigenvalue weighted by Gasteiger charge is -2.18. The van der Waals surface area contributed by atoms with Gasteiger partial charge in [0, 0.05) is 11.5 Å². The maximum atomic E-state index is 5.23. The largest absolute Gasteiger partial charge is 0.338 e. The summed E-state index contributed by atoms with van der Waals surface area (Å²) in [5.41, 5.74) is 0.437. The Balaban J connectivity index is 1.94. The summed E-state index contributed by atoms with van der Waals surface area (Å²) >= 11 is 0. The van der Waals surface area contributed by atoms with Crippen LogP contribution in [0.5, 0.6) is 0 Å². The zero-order chi connectivity index (χ0) is 12.0. The fourth-order valence-electron chi connectivity index (χ4n) is 1.73. The van der Waals surface area contributed by atoms with Gasteiger partial charge in [0.2, 0.25) is 5.89 Å². The molecule has 0 aromatic carbocycles. The van der Waals surface area contributed by atoms with Gasteiger partial charge in [-0.3, -0.25) is 0 Å². The maximum Gasteiger partial charge on any atom is 0.240 e. The SMILES string of the molecule is CC(C)(C)NCc1nc(C2CC2(C)C)no1. The molecule has 0 aliphatic heterocycles. The fourth-order valence-corrected chi connectivity index (χ4v) is 1.73. The van der Waals surface area contributed by atoms with E-state index in [1.807, 2.05) is 0 Å². The Hall–Kier alpha value is -0.900. The first-order chi connectivity index (χ1) is 7.28. The number of aromatic nitrogens is 2. The molecular formula is C12H21N3O. The Morgan fingerprint density at radius 2 is 2.06 bits per heavy atom. The highest BCUT2D eigenvalue weighted by molar-refractivity contribution is 5.14. The number of rotatable bonds is 3. The van der Waals surface area contributed by atoms with Crippen molar-refractivity contribution in [2.45, 2.75) is 59.0 Å². The van der Waals surface area contributed by atoms with Crippen molar-refractivity contribution in [2.75, 3.05) is 0 Å². The van der Waals surface area contributed by atoms with Gasteiger partial charge in [0.05, 0.1) is 6.54 Å². The molecule has 4 heteroatoms. The van der Waals surface area contributed by atoms with E-state index in [1.165, 1.54) is 6.42 Å². The van der Waals surface area contributed by atoms with Crippen LogP contribution in [0.25, 0.3) is 0 Å². The molecule has 90 valence electrons. The van der Waals surface area contributed by atoms with Crippen LogP contribution in [-0.4, -0.2) is 15.7 Å². The Kier molecular flexibility index (Phi) is 2.57. The number of hydrogen-bond donors (Lipinski definition) is 1. The maximum absolute atomic E-state index is 5.23. The molecule has 1 heterocycles. The molecule has 1 saturated carbocycles. The van der Waals surface area contributed by atoms with Crippen LogP contribution in [0.2, 0.25) is 0 Å². The third-order valence-electron chi connectivity index (χ3n) is 3.08. The van der Waals surface area contributed by atoms with Gasteiger partial charge < -0.3 is 9.84 Å². The third-order valence-corrected chi connectivity index (χ3v) is 3.08. The quantitative estimate of drug-likeness (QED) is 0.855. The number of nitrogens with one attached hydrogen (secondary N) is 1. The van der Waals surface area contributed by atoms with Gasteiger partial charge in [0.25, 0.3) is 0 Å². The minimum Gasteiger partial charge on any atom is -0.338 e. The summed E-state index contributed by atoms with van der Waals surface area (Å²) in [5.74, 6) is 2.04. The van der Waals surface area contributed by atoms with Crippen LogP contribution in [0.1, 0.15) is 58.7 Å². The number of hydrogen-bond acceptors (Lipinski definition) is 4. The first-order valence-corrected chi connectivity index (χ1v) is 5.85. The summed E-state index contributed by atoms with van der Waals surface area (Å²) < 4.78 is 5.23. The normalized spacial score (nSPS) is 23.4. The molecule has 4 nitrogen and oxygen atoms in total. The molecular weight excluding hydrogens is 202 g/mol. The molecule has 0 spiro atoms. The molecule has 1 unspecified atom stereocenters. The third kappa shape index (κ3) is 2.61. The average molecular weight is 223 g/mol. The molecule has 16 heavy (non-hydrogen) atoms. The second-order valence-electron chi connectivity index (χ2n) is 6.40. The molecule has 1 aromatic rings. The average Bonchev–Trinajstić information content (AvgIpc) is 2.62. The highest BCUT2D eigenvalue weighted by atomic mass is 16.5. The second-order valence-corrected chi connectivity index (χ2v) is 6.40. The molecule has 0 saturated heterocycles. The van der Waals surface area contributed by atoms with Crippen molar-refractivity contribution in [3.63, 3.8) is 0 Å². The van der Waals surface area contributed by atoms with E-state index in [9.17, 15) is 0 Å². The predicted octanol–water partition coefficient (Wildman–Crippen LogP) is 2.47. The molecule has 2 rings (SSSR count). The van der Waals surface area contributed by atoms with Crippen LogP contribution < -0.4 is 5.32 Å². The van der Waals surface area contributed by atoms with Crippen LogP contribution in [0.4, 0.5) is 0 Å². The van der Waals surface area contributed by atoms with Gasteiger partial charge in [-0.15, -0.1) is 0 Å². The van der Waals surface area contributed by atoms with E-state index >= 15 is 0 Å². The first-order valence-electron chi connectivity index (χ1n) is 5.85. The van der Waals surface area contributed by atoms with Gasteiger partial charge >= 0.3 is 0 Å². The van der Waals surface area contributed by atoms with Crippen molar-refractivity contribution in [2.24, 2.45) is 5.41 Å². The smallest absolute Gasteiger partial charge is 0.240 e. The summed E-state index contributed by atoms with van der Waals surface area (Å²) in [6.07, 6.45) is 1.17.